The summed E-state index contributed by atoms with van der Waals surface area (Å²) in [6.07, 6.45) is 2.70. The van der Waals surface area contributed by atoms with Crippen molar-refractivity contribution in [2.75, 3.05) is 11.9 Å². The molecule has 0 aliphatic heterocycles. The highest BCUT2D eigenvalue weighted by Gasteiger charge is 2.13. The fourth-order valence-electron chi connectivity index (χ4n) is 1.92. The zero-order chi connectivity index (χ0) is 14.7. The molecule has 106 valence electrons. The lowest BCUT2D eigenvalue weighted by Gasteiger charge is -2.09. The summed E-state index contributed by atoms with van der Waals surface area (Å²) < 4.78 is 2.46. The maximum absolute atomic E-state index is 10.8. The lowest BCUT2D eigenvalue weighted by atomic mass is 10.2. The van der Waals surface area contributed by atoms with E-state index in [2.05, 4.69) is 26.3 Å². The number of anilines is 1. The van der Waals surface area contributed by atoms with Crippen molar-refractivity contribution >= 4 is 27.3 Å². The molecule has 1 N–H and O–H groups in total. The van der Waals surface area contributed by atoms with Gasteiger partial charge in [0.05, 0.1) is 10.6 Å². The molecule has 20 heavy (non-hydrogen) atoms. The molecule has 0 atom stereocenters. The first-order valence-corrected chi connectivity index (χ1v) is 6.93. The molecule has 0 aliphatic rings. The summed E-state index contributed by atoms with van der Waals surface area (Å²) in [5.41, 5.74) is 2.62. The first-order valence-electron chi connectivity index (χ1n) is 6.14. The summed E-state index contributed by atoms with van der Waals surface area (Å²) in [4.78, 5) is 10.5. The van der Waals surface area contributed by atoms with Crippen molar-refractivity contribution in [1.82, 2.24) is 9.78 Å². The van der Waals surface area contributed by atoms with Crippen molar-refractivity contribution < 1.29 is 4.92 Å². The maximum Gasteiger partial charge on any atom is 0.273 e. The van der Waals surface area contributed by atoms with Gasteiger partial charge in [0.1, 0.15) is 0 Å². The van der Waals surface area contributed by atoms with E-state index in [9.17, 15) is 10.1 Å². The predicted octanol–water partition coefficient (Wildman–Crippen LogP) is 3.05. The Morgan fingerprint density at radius 1 is 1.50 bits per heavy atom. The van der Waals surface area contributed by atoms with Crippen LogP contribution in [0.1, 0.15) is 11.3 Å². The predicted molar refractivity (Wildman–Crippen MR) is 80.9 cm³/mol. The molecule has 0 unspecified atom stereocenters. The number of aryl methyl sites for hydroxylation is 2. The molecule has 0 spiro atoms. The monoisotopic (exact) mass is 338 g/mol. The summed E-state index contributed by atoms with van der Waals surface area (Å²) in [7, 11) is 1.88. The van der Waals surface area contributed by atoms with Crippen molar-refractivity contribution in [2.45, 2.75) is 13.3 Å². The summed E-state index contributed by atoms with van der Waals surface area (Å²) >= 11 is 3.35. The minimum Gasteiger partial charge on any atom is -0.384 e. The van der Waals surface area contributed by atoms with Gasteiger partial charge in [-0.25, -0.2) is 0 Å². The molecule has 0 saturated carbocycles. The smallest absolute Gasteiger partial charge is 0.273 e. The van der Waals surface area contributed by atoms with E-state index in [1.54, 1.807) is 17.7 Å². The normalized spacial score (nSPS) is 10.6. The Bertz CT molecular complexity index is 639. The molecule has 2 aromatic rings. The molecule has 6 nitrogen and oxygen atoms in total. The first kappa shape index (κ1) is 14.5. The number of nitrogens with one attached hydrogen (secondary N) is 1. The number of hydrogen-bond acceptors (Lipinski definition) is 4. The van der Waals surface area contributed by atoms with Crippen LogP contribution < -0.4 is 5.32 Å². The van der Waals surface area contributed by atoms with Crippen LogP contribution in [0.15, 0.2) is 28.9 Å². The van der Waals surface area contributed by atoms with Crippen LogP contribution in [0.25, 0.3) is 0 Å². The topological polar surface area (TPSA) is 73.0 Å². The van der Waals surface area contributed by atoms with Crippen LogP contribution >= 0.6 is 15.9 Å². The second-order valence-electron chi connectivity index (χ2n) is 4.53. The zero-order valence-corrected chi connectivity index (χ0v) is 12.8. The Balaban J connectivity index is 2.03. The molecule has 0 bridgehead atoms. The summed E-state index contributed by atoms with van der Waals surface area (Å²) in [5, 5.41) is 18.4. The van der Waals surface area contributed by atoms with Gasteiger partial charge in [0.2, 0.25) is 0 Å². The molecule has 0 saturated heterocycles. The number of aromatic nitrogens is 2. The van der Waals surface area contributed by atoms with Crippen molar-refractivity contribution in [2.24, 2.45) is 7.05 Å². The number of benzene rings is 1. The van der Waals surface area contributed by atoms with Crippen LogP contribution in [-0.2, 0) is 13.5 Å². The number of hydrogen-bond donors (Lipinski definition) is 1. The molecule has 0 aliphatic carbocycles. The quantitative estimate of drug-likeness (QED) is 0.671. The third-order valence-electron chi connectivity index (χ3n) is 2.95. The molecule has 1 aromatic heterocycles. The van der Waals surface area contributed by atoms with E-state index in [4.69, 9.17) is 0 Å². The van der Waals surface area contributed by atoms with Gasteiger partial charge >= 0.3 is 0 Å². The fraction of sp³-hybridized carbons (Fsp3) is 0.308. The molecular weight excluding hydrogens is 324 g/mol. The summed E-state index contributed by atoms with van der Waals surface area (Å²) in [5.74, 6) is 0. The summed E-state index contributed by atoms with van der Waals surface area (Å²) in [6.45, 7) is 2.45. The Labute approximate surface area is 125 Å². The van der Waals surface area contributed by atoms with Gasteiger partial charge in [0.15, 0.2) is 0 Å². The molecule has 2 rings (SSSR count). The van der Waals surface area contributed by atoms with Gasteiger partial charge in [-0.3, -0.25) is 14.8 Å². The van der Waals surface area contributed by atoms with E-state index >= 15 is 0 Å². The van der Waals surface area contributed by atoms with Crippen LogP contribution in [0.3, 0.4) is 0 Å². The number of nitro groups is 1. The van der Waals surface area contributed by atoms with Crippen molar-refractivity contribution in [3.05, 3.63) is 50.2 Å². The van der Waals surface area contributed by atoms with E-state index in [0.29, 0.717) is 16.6 Å². The van der Waals surface area contributed by atoms with Gasteiger partial charge in [-0.2, -0.15) is 5.10 Å². The van der Waals surface area contributed by atoms with Crippen molar-refractivity contribution in [3.63, 3.8) is 0 Å². The lowest BCUT2D eigenvalue weighted by Crippen LogP contribution is -2.07. The van der Waals surface area contributed by atoms with Gasteiger partial charge in [0.25, 0.3) is 5.69 Å². The third kappa shape index (κ3) is 3.36. The molecule has 7 heteroatoms. The zero-order valence-electron chi connectivity index (χ0n) is 11.3. The molecular formula is C13H15BrN4O2. The SMILES string of the molecule is Cc1cc(NCCc2ccn(C)n2)c(Br)cc1[N+](=O)[O-]. The molecule has 0 fully saturated rings. The van der Waals surface area contributed by atoms with E-state index in [-0.39, 0.29) is 10.6 Å². The number of nitrogens with zero attached hydrogens (tertiary/aromatic N) is 3. The Kier molecular flexibility index (Phi) is 4.39. The standard InChI is InChI=1S/C13H15BrN4O2/c1-9-7-12(11(14)8-13(9)18(19)20)15-5-3-10-4-6-17(2)16-10/h4,6-8,15H,3,5H2,1-2H3. The number of halogens is 1. The number of rotatable bonds is 5. The Morgan fingerprint density at radius 3 is 2.85 bits per heavy atom. The molecule has 0 amide bonds. The van der Waals surface area contributed by atoms with Crippen LogP contribution in [0.2, 0.25) is 0 Å². The van der Waals surface area contributed by atoms with E-state index < -0.39 is 0 Å². The lowest BCUT2D eigenvalue weighted by molar-refractivity contribution is -0.385. The number of nitro benzene ring substituents is 1. The minimum atomic E-state index is -0.377. The van der Waals surface area contributed by atoms with Gasteiger partial charge in [-0.1, -0.05) is 0 Å². The highest BCUT2D eigenvalue weighted by molar-refractivity contribution is 9.10. The Morgan fingerprint density at radius 2 is 2.25 bits per heavy atom. The highest BCUT2D eigenvalue weighted by Crippen LogP contribution is 2.30. The van der Waals surface area contributed by atoms with E-state index in [1.165, 1.54) is 6.07 Å². The molecule has 1 aromatic carbocycles. The van der Waals surface area contributed by atoms with Crippen LogP contribution in [-0.4, -0.2) is 21.2 Å². The maximum atomic E-state index is 10.8. The van der Waals surface area contributed by atoms with E-state index in [1.807, 2.05) is 19.3 Å². The van der Waals surface area contributed by atoms with Gasteiger partial charge in [-0.05, 0) is 35.0 Å². The van der Waals surface area contributed by atoms with Crippen LogP contribution in [0.5, 0.6) is 0 Å². The highest BCUT2D eigenvalue weighted by atomic mass is 79.9. The fourth-order valence-corrected chi connectivity index (χ4v) is 2.40. The average molecular weight is 339 g/mol. The largest absolute Gasteiger partial charge is 0.384 e. The second-order valence-corrected chi connectivity index (χ2v) is 5.39. The molecule has 0 radical (unpaired) electrons. The minimum absolute atomic E-state index is 0.118. The van der Waals surface area contributed by atoms with Crippen LogP contribution in [0, 0.1) is 17.0 Å². The first-order chi connectivity index (χ1) is 9.47. The molecule has 1 heterocycles. The van der Waals surface area contributed by atoms with Crippen molar-refractivity contribution in [1.29, 1.82) is 0 Å². The Hall–Kier alpha value is -1.89. The average Bonchev–Trinajstić information content (AvgIpc) is 2.78. The summed E-state index contributed by atoms with van der Waals surface area (Å²) in [6, 6.07) is 5.27. The van der Waals surface area contributed by atoms with Crippen LogP contribution in [0.4, 0.5) is 11.4 Å². The van der Waals surface area contributed by atoms with E-state index in [0.717, 1.165) is 17.8 Å². The van der Waals surface area contributed by atoms with Gasteiger partial charge < -0.3 is 5.32 Å². The second kappa shape index (κ2) is 6.04. The van der Waals surface area contributed by atoms with Gasteiger partial charge in [0, 0.05) is 48.0 Å². The third-order valence-corrected chi connectivity index (χ3v) is 3.60. The van der Waals surface area contributed by atoms with Crippen molar-refractivity contribution in [3.8, 4) is 0 Å². The van der Waals surface area contributed by atoms with Gasteiger partial charge in [-0.15, -0.1) is 0 Å².